The van der Waals surface area contributed by atoms with Crippen molar-refractivity contribution in [1.82, 2.24) is 0 Å². The Morgan fingerprint density at radius 3 is 2.75 bits per heavy atom. The number of hydrogen-bond donors (Lipinski definition) is 0. The monoisotopic (exact) mass is 218 g/mol. The van der Waals surface area contributed by atoms with Gasteiger partial charge in [-0.1, -0.05) is 19.1 Å². The summed E-state index contributed by atoms with van der Waals surface area (Å²) in [6, 6.07) is 0. The fourth-order valence-corrected chi connectivity index (χ4v) is 2.73. The number of aldehydes is 1. The third kappa shape index (κ3) is 1.17. The van der Waals surface area contributed by atoms with E-state index in [4.69, 9.17) is 0 Å². The summed E-state index contributed by atoms with van der Waals surface area (Å²) in [6.07, 6.45) is 6.22. The summed E-state index contributed by atoms with van der Waals surface area (Å²) in [5.74, 6) is -0.989. The van der Waals surface area contributed by atoms with Gasteiger partial charge >= 0.3 is 0 Å². The van der Waals surface area contributed by atoms with Gasteiger partial charge in [0.05, 0.1) is 0 Å². The highest BCUT2D eigenvalue weighted by molar-refractivity contribution is 6.18. The van der Waals surface area contributed by atoms with Crippen LogP contribution >= 0.6 is 0 Å². The van der Waals surface area contributed by atoms with E-state index in [1.807, 2.05) is 19.1 Å². The predicted octanol–water partition coefficient (Wildman–Crippen LogP) is 1.48. The largest absolute Gasteiger partial charge is 0.302 e. The van der Waals surface area contributed by atoms with E-state index >= 15 is 0 Å². The Balaban J connectivity index is 2.62. The van der Waals surface area contributed by atoms with Crippen molar-refractivity contribution in [1.29, 1.82) is 0 Å². The standard InChI is InChI=1S/C13H14O3/c1-8-6-11(15)13(7-14)9(2)4-3-5-10(13)12(8)16/h3-4,6-7,9-10H,5H2,1-2H3/t9-,10-,13-/m0/s1. The summed E-state index contributed by atoms with van der Waals surface area (Å²) < 4.78 is 0. The molecular formula is C13H14O3. The first-order valence-corrected chi connectivity index (χ1v) is 5.44. The molecule has 3 atom stereocenters. The normalized spacial score (nSPS) is 38.0. The number of Topliss-reactive ketones (excluding diaryl/α,β-unsaturated/α-hetero) is 1. The van der Waals surface area contributed by atoms with Crippen molar-refractivity contribution in [2.75, 3.05) is 0 Å². The molecule has 0 amide bonds. The summed E-state index contributed by atoms with van der Waals surface area (Å²) in [7, 11) is 0. The van der Waals surface area contributed by atoms with Gasteiger partial charge in [-0.25, -0.2) is 0 Å². The van der Waals surface area contributed by atoms with Crippen molar-refractivity contribution in [3.05, 3.63) is 23.8 Å². The highest BCUT2D eigenvalue weighted by Crippen LogP contribution is 2.45. The highest BCUT2D eigenvalue weighted by atomic mass is 16.2. The zero-order valence-electron chi connectivity index (χ0n) is 9.40. The Labute approximate surface area is 94.2 Å². The third-order valence-electron chi connectivity index (χ3n) is 3.80. The van der Waals surface area contributed by atoms with Crippen LogP contribution in [0.5, 0.6) is 0 Å². The molecule has 2 rings (SSSR count). The van der Waals surface area contributed by atoms with Crippen LogP contribution < -0.4 is 0 Å². The molecule has 0 unspecified atom stereocenters. The molecule has 0 fully saturated rings. The molecule has 2 aliphatic carbocycles. The first-order valence-electron chi connectivity index (χ1n) is 5.44. The molecule has 0 aromatic heterocycles. The van der Waals surface area contributed by atoms with Crippen molar-refractivity contribution in [2.45, 2.75) is 20.3 Å². The predicted molar refractivity (Wildman–Crippen MR) is 58.7 cm³/mol. The maximum absolute atomic E-state index is 12.1. The van der Waals surface area contributed by atoms with Crippen molar-refractivity contribution in [2.24, 2.45) is 17.3 Å². The van der Waals surface area contributed by atoms with Gasteiger partial charge in [0.1, 0.15) is 11.7 Å². The van der Waals surface area contributed by atoms with Crippen molar-refractivity contribution >= 4 is 17.9 Å². The highest BCUT2D eigenvalue weighted by Gasteiger charge is 2.54. The number of carbonyl (C=O) groups is 3. The smallest absolute Gasteiger partial charge is 0.170 e. The van der Waals surface area contributed by atoms with Crippen LogP contribution in [0.4, 0.5) is 0 Å². The minimum absolute atomic E-state index is 0.0668. The number of carbonyl (C=O) groups excluding carboxylic acids is 3. The molecule has 0 N–H and O–H groups in total. The van der Waals surface area contributed by atoms with Crippen LogP contribution in [-0.4, -0.2) is 17.9 Å². The van der Waals surface area contributed by atoms with Gasteiger partial charge < -0.3 is 4.79 Å². The summed E-state index contributed by atoms with van der Waals surface area (Å²) in [5, 5.41) is 0. The van der Waals surface area contributed by atoms with Gasteiger partial charge in [0.25, 0.3) is 0 Å². The lowest BCUT2D eigenvalue weighted by atomic mass is 9.57. The maximum atomic E-state index is 12.1. The second kappa shape index (κ2) is 3.51. The maximum Gasteiger partial charge on any atom is 0.170 e. The number of allylic oxidation sites excluding steroid dienone is 4. The molecule has 0 bridgehead atoms. The van der Waals surface area contributed by atoms with E-state index in [1.165, 1.54) is 6.08 Å². The van der Waals surface area contributed by atoms with Gasteiger partial charge in [-0.05, 0) is 30.9 Å². The third-order valence-corrected chi connectivity index (χ3v) is 3.80. The molecule has 0 heterocycles. The number of ketones is 2. The lowest BCUT2D eigenvalue weighted by molar-refractivity contribution is -0.145. The Hall–Kier alpha value is -1.51. The van der Waals surface area contributed by atoms with E-state index < -0.39 is 11.3 Å². The van der Waals surface area contributed by atoms with Crippen LogP contribution in [0.3, 0.4) is 0 Å². The molecule has 3 nitrogen and oxygen atoms in total. The lowest BCUT2D eigenvalue weighted by Crippen LogP contribution is -2.51. The quantitative estimate of drug-likeness (QED) is 0.380. The molecule has 3 heteroatoms. The first-order chi connectivity index (χ1) is 7.54. The van der Waals surface area contributed by atoms with E-state index in [-0.39, 0.29) is 17.5 Å². The molecule has 16 heavy (non-hydrogen) atoms. The minimum atomic E-state index is -1.15. The van der Waals surface area contributed by atoms with Gasteiger partial charge in [0, 0.05) is 5.92 Å². The second-order valence-electron chi connectivity index (χ2n) is 4.61. The molecule has 0 saturated heterocycles. The van der Waals surface area contributed by atoms with E-state index in [1.54, 1.807) is 6.92 Å². The van der Waals surface area contributed by atoms with Gasteiger partial charge in [0.2, 0.25) is 0 Å². The molecule has 0 aliphatic heterocycles. The van der Waals surface area contributed by atoms with E-state index in [0.717, 1.165) is 0 Å². The molecule has 0 aromatic carbocycles. The zero-order chi connectivity index (χ0) is 11.9. The molecule has 0 aromatic rings. The van der Waals surface area contributed by atoms with Gasteiger partial charge in [-0.2, -0.15) is 0 Å². The number of rotatable bonds is 1. The Morgan fingerprint density at radius 1 is 1.44 bits per heavy atom. The zero-order valence-corrected chi connectivity index (χ0v) is 9.40. The fourth-order valence-electron chi connectivity index (χ4n) is 2.73. The van der Waals surface area contributed by atoms with Crippen LogP contribution in [0.15, 0.2) is 23.8 Å². The number of fused-ring (bicyclic) bond motifs is 1. The molecular weight excluding hydrogens is 204 g/mol. The molecule has 0 radical (unpaired) electrons. The average molecular weight is 218 g/mol. The van der Waals surface area contributed by atoms with Gasteiger partial charge in [0.15, 0.2) is 11.6 Å². The topological polar surface area (TPSA) is 51.2 Å². The van der Waals surface area contributed by atoms with Crippen LogP contribution in [0.1, 0.15) is 20.3 Å². The van der Waals surface area contributed by atoms with Gasteiger partial charge in [-0.15, -0.1) is 0 Å². The van der Waals surface area contributed by atoms with Crippen molar-refractivity contribution in [3.8, 4) is 0 Å². The Bertz CT molecular complexity index is 430. The summed E-state index contributed by atoms with van der Waals surface area (Å²) in [4.78, 5) is 35.4. The van der Waals surface area contributed by atoms with Crippen LogP contribution in [-0.2, 0) is 14.4 Å². The van der Waals surface area contributed by atoms with E-state index in [9.17, 15) is 14.4 Å². The van der Waals surface area contributed by atoms with Crippen molar-refractivity contribution < 1.29 is 14.4 Å². The average Bonchev–Trinajstić information content (AvgIpc) is 2.26. The lowest BCUT2D eigenvalue weighted by Gasteiger charge is -2.41. The van der Waals surface area contributed by atoms with Gasteiger partial charge in [-0.3, -0.25) is 9.59 Å². The van der Waals surface area contributed by atoms with Crippen molar-refractivity contribution in [3.63, 3.8) is 0 Å². The van der Waals surface area contributed by atoms with Crippen LogP contribution in [0.25, 0.3) is 0 Å². The summed E-state index contributed by atoms with van der Waals surface area (Å²) >= 11 is 0. The second-order valence-corrected chi connectivity index (χ2v) is 4.61. The summed E-state index contributed by atoms with van der Waals surface area (Å²) in [6.45, 7) is 3.45. The number of hydrogen-bond acceptors (Lipinski definition) is 3. The first kappa shape index (κ1) is 11.0. The van der Waals surface area contributed by atoms with E-state index in [2.05, 4.69) is 0 Å². The molecule has 2 aliphatic rings. The van der Waals surface area contributed by atoms with Crippen LogP contribution in [0, 0.1) is 17.3 Å². The SMILES string of the molecule is CC1=CC(=O)[C@@]2(C=O)[C@@H](C)C=CC[C@H]2C1=O. The molecule has 0 spiro atoms. The Morgan fingerprint density at radius 2 is 2.12 bits per heavy atom. The Kier molecular flexibility index (Phi) is 2.41. The minimum Gasteiger partial charge on any atom is -0.302 e. The van der Waals surface area contributed by atoms with E-state index in [0.29, 0.717) is 18.3 Å². The fraction of sp³-hybridized carbons (Fsp3) is 0.462. The summed E-state index contributed by atoms with van der Waals surface area (Å²) in [5.41, 5.74) is -0.680. The van der Waals surface area contributed by atoms with Crippen LogP contribution in [0.2, 0.25) is 0 Å². The molecule has 0 saturated carbocycles. The molecule has 84 valence electrons.